The molecule has 0 saturated carbocycles. The van der Waals surface area contributed by atoms with Crippen LogP contribution in [0.15, 0.2) is 48.5 Å². The van der Waals surface area contributed by atoms with Gasteiger partial charge in [-0.2, -0.15) is 0 Å². The maximum Gasteiger partial charge on any atom is 0.253 e. The highest BCUT2D eigenvalue weighted by molar-refractivity contribution is 7.92. The highest BCUT2D eigenvalue weighted by Crippen LogP contribution is 2.16. The SMILES string of the molecule is CS(=O)(=O)Nc1ccccc1C(=O)NCCOc1ccc(F)cc1. The molecule has 0 heterocycles. The van der Waals surface area contributed by atoms with E-state index in [1.165, 1.54) is 36.4 Å². The van der Waals surface area contributed by atoms with Crippen LogP contribution in [-0.4, -0.2) is 33.7 Å². The Labute approximate surface area is 139 Å². The summed E-state index contributed by atoms with van der Waals surface area (Å²) in [4.78, 5) is 12.2. The first-order valence-corrected chi connectivity index (χ1v) is 8.98. The van der Waals surface area contributed by atoms with Gasteiger partial charge in [-0.3, -0.25) is 9.52 Å². The van der Waals surface area contributed by atoms with Crippen molar-refractivity contribution in [3.05, 3.63) is 59.9 Å². The molecule has 2 aromatic carbocycles. The molecule has 0 aromatic heterocycles. The van der Waals surface area contributed by atoms with Crippen molar-refractivity contribution < 1.29 is 22.3 Å². The van der Waals surface area contributed by atoms with E-state index in [1.54, 1.807) is 12.1 Å². The van der Waals surface area contributed by atoms with E-state index < -0.39 is 15.9 Å². The van der Waals surface area contributed by atoms with Crippen LogP contribution >= 0.6 is 0 Å². The molecular formula is C16H17FN2O4S. The molecule has 128 valence electrons. The Kier molecular flexibility index (Phi) is 5.75. The fourth-order valence-corrected chi connectivity index (χ4v) is 2.51. The van der Waals surface area contributed by atoms with Gasteiger partial charge >= 0.3 is 0 Å². The molecule has 0 unspecified atom stereocenters. The maximum absolute atomic E-state index is 12.8. The Hall–Kier alpha value is -2.61. The van der Waals surface area contributed by atoms with Crippen molar-refractivity contribution in [1.29, 1.82) is 0 Å². The monoisotopic (exact) mass is 352 g/mol. The summed E-state index contributed by atoms with van der Waals surface area (Å²) < 4.78 is 43.1. The number of hydrogen-bond donors (Lipinski definition) is 2. The molecule has 0 aliphatic heterocycles. The Balaban J connectivity index is 1.90. The van der Waals surface area contributed by atoms with Crippen molar-refractivity contribution in [3.63, 3.8) is 0 Å². The lowest BCUT2D eigenvalue weighted by atomic mass is 10.1. The summed E-state index contributed by atoms with van der Waals surface area (Å²) >= 11 is 0. The van der Waals surface area contributed by atoms with Gasteiger partial charge in [0.15, 0.2) is 0 Å². The molecular weight excluding hydrogens is 335 g/mol. The summed E-state index contributed by atoms with van der Waals surface area (Å²) in [5.41, 5.74) is 0.418. The van der Waals surface area contributed by atoms with Crippen LogP contribution in [-0.2, 0) is 10.0 Å². The third-order valence-corrected chi connectivity index (χ3v) is 3.53. The number of carbonyl (C=O) groups excluding carboxylic acids is 1. The lowest BCUT2D eigenvalue weighted by molar-refractivity contribution is 0.0948. The summed E-state index contributed by atoms with van der Waals surface area (Å²) in [6, 6.07) is 11.8. The fourth-order valence-electron chi connectivity index (χ4n) is 1.93. The van der Waals surface area contributed by atoms with Crippen molar-refractivity contribution >= 4 is 21.6 Å². The second-order valence-electron chi connectivity index (χ2n) is 4.98. The van der Waals surface area contributed by atoms with Gasteiger partial charge in [0.25, 0.3) is 5.91 Å². The molecule has 0 atom stereocenters. The van der Waals surface area contributed by atoms with E-state index in [0.717, 1.165) is 6.26 Å². The molecule has 0 aliphatic rings. The Morgan fingerprint density at radius 3 is 2.46 bits per heavy atom. The van der Waals surface area contributed by atoms with E-state index in [0.29, 0.717) is 5.75 Å². The first kappa shape index (κ1) is 17.7. The fraction of sp³-hybridized carbons (Fsp3) is 0.188. The van der Waals surface area contributed by atoms with Gasteiger partial charge < -0.3 is 10.1 Å². The standard InChI is InChI=1S/C16H17FN2O4S/c1-24(21,22)19-15-5-3-2-4-14(15)16(20)18-10-11-23-13-8-6-12(17)7-9-13/h2-9,19H,10-11H2,1H3,(H,18,20). The van der Waals surface area contributed by atoms with Crippen molar-refractivity contribution in [1.82, 2.24) is 5.32 Å². The minimum atomic E-state index is -3.48. The number of para-hydroxylation sites is 1. The van der Waals surface area contributed by atoms with Gasteiger partial charge in [0.2, 0.25) is 10.0 Å². The number of ether oxygens (including phenoxy) is 1. The molecule has 0 spiro atoms. The Bertz CT molecular complexity index is 807. The number of halogens is 1. The molecule has 1 amide bonds. The quantitative estimate of drug-likeness (QED) is 0.747. The minimum absolute atomic E-state index is 0.193. The zero-order chi connectivity index (χ0) is 17.6. The number of rotatable bonds is 7. The van der Waals surface area contributed by atoms with Gasteiger partial charge in [0.05, 0.1) is 24.1 Å². The van der Waals surface area contributed by atoms with Crippen LogP contribution in [0.3, 0.4) is 0 Å². The number of carbonyl (C=O) groups is 1. The third-order valence-electron chi connectivity index (χ3n) is 2.94. The first-order chi connectivity index (χ1) is 11.3. The van der Waals surface area contributed by atoms with Crippen LogP contribution in [0.4, 0.5) is 10.1 Å². The van der Waals surface area contributed by atoms with Gasteiger partial charge in [-0.1, -0.05) is 12.1 Å². The Morgan fingerprint density at radius 1 is 1.12 bits per heavy atom. The molecule has 0 saturated heterocycles. The lowest BCUT2D eigenvalue weighted by Gasteiger charge is -2.11. The number of nitrogens with one attached hydrogen (secondary N) is 2. The van der Waals surface area contributed by atoms with E-state index >= 15 is 0 Å². The topological polar surface area (TPSA) is 84.5 Å². The highest BCUT2D eigenvalue weighted by Gasteiger charge is 2.13. The van der Waals surface area contributed by atoms with E-state index in [9.17, 15) is 17.6 Å². The molecule has 0 fully saturated rings. The molecule has 2 aromatic rings. The van der Waals surface area contributed by atoms with Gasteiger partial charge in [0, 0.05) is 0 Å². The average Bonchev–Trinajstić information content (AvgIpc) is 2.52. The lowest BCUT2D eigenvalue weighted by Crippen LogP contribution is -2.29. The van der Waals surface area contributed by atoms with Gasteiger partial charge in [0.1, 0.15) is 18.2 Å². The summed E-state index contributed by atoms with van der Waals surface area (Å²) in [5, 5.41) is 2.63. The third kappa shape index (κ3) is 5.54. The zero-order valence-electron chi connectivity index (χ0n) is 13.0. The van der Waals surface area contributed by atoms with Crippen LogP contribution in [0.5, 0.6) is 5.75 Å². The van der Waals surface area contributed by atoms with E-state index in [-0.39, 0.29) is 30.2 Å². The molecule has 2 N–H and O–H groups in total. The predicted molar refractivity (Wildman–Crippen MR) is 89.1 cm³/mol. The normalized spacial score (nSPS) is 10.9. The second-order valence-corrected chi connectivity index (χ2v) is 6.73. The number of hydrogen-bond acceptors (Lipinski definition) is 4. The van der Waals surface area contributed by atoms with Crippen molar-refractivity contribution in [2.24, 2.45) is 0 Å². The van der Waals surface area contributed by atoms with Gasteiger partial charge in [-0.05, 0) is 36.4 Å². The highest BCUT2D eigenvalue weighted by atomic mass is 32.2. The molecule has 24 heavy (non-hydrogen) atoms. The van der Waals surface area contributed by atoms with Crippen molar-refractivity contribution in [2.75, 3.05) is 24.1 Å². The summed E-state index contributed by atoms with van der Waals surface area (Å²) in [7, 11) is -3.48. The van der Waals surface area contributed by atoms with Crippen LogP contribution in [0.2, 0.25) is 0 Å². The maximum atomic E-state index is 12.8. The van der Waals surface area contributed by atoms with E-state index in [4.69, 9.17) is 4.74 Å². The number of amides is 1. The predicted octanol–water partition coefficient (Wildman–Crippen LogP) is 2.01. The smallest absolute Gasteiger partial charge is 0.253 e. The molecule has 0 aliphatic carbocycles. The van der Waals surface area contributed by atoms with Gasteiger partial charge in [-0.15, -0.1) is 0 Å². The number of sulfonamides is 1. The molecule has 0 radical (unpaired) electrons. The molecule has 0 bridgehead atoms. The Morgan fingerprint density at radius 2 is 1.79 bits per heavy atom. The van der Waals surface area contributed by atoms with E-state index in [2.05, 4.69) is 10.0 Å². The van der Waals surface area contributed by atoms with Crippen LogP contribution < -0.4 is 14.8 Å². The molecule has 2 rings (SSSR count). The summed E-state index contributed by atoms with van der Waals surface area (Å²) in [6.07, 6.45) is 1.01. The van der Waals surface area contributed by atoms with Crippen LogP contribution in [0.25, 0.3) is 0 Å². The zero-order valence-corrected chi connectivity index (χ0v) is 13.8. The largest absolute Gasteiger partial charge is 0.492 e. The number of anilines is 1. The van der Waals surface area contributed by atoms with Crippen molar-refractivity contribution in [2.45, 2.75) is 0 Å². The van der Waals surface area contributed by atoms with Crippen molar-refractivity contribution in [3.8, 4) is 5.75 Å². The van der Waals surface area contributed by atoms with Crippen LogP contribution in [0, 0.1) is 5.82 Å². The average molecular weight is 352 g/mol. The molecule has 8 heteroatoms. The molecule has 6 nitrogen and oxygen atoms in total. The first-order valence-electron chi connectivity index (χ1n) is 7.08. The minimum Gasteiger partial charge on any atom is -0.492 e. The summed E-state index contributed by atoms with van der Waals surface area (Å²) in [6.45, 7) is 0.405. The summed E-state index contributed by atoms with van der Waals surface area (Å²) in [5.74, 6) is -0.292. The van der Waals surface area contributed by atoms with Gasteiger partial charge in [-0.25, -0.2) is 12.8 Å². The van der Waals surface area contributed by atoms with Crippen LogP contribution in [0.1, 0.15) is 10.4 Å². The van der Waals surface area contributed by atoms with E-state index in [1.807, 2.05) is 0 Å². The number of benzene rings is 2. The second kappa shape index (κ2) is 7.78.